The fourth-order valence-corrected chi connectivity index (χ4v) is 6.92. The summed E-state index contributed by atoms with van der Waals surface area (Å²) in [6, 6.07) is 41.0. The maximum absolute atomic E-state index is 12.2. The second-order valence-electron chi connectivity index (χ2n) is 14.6. The summed E-state index contributed by atoms with van der Waals surface area (Å²) < 4.78 is 0. The summed E-state index contributed by atoms with van der Waals surface area (Å²) in [7, 11) is 0. The second kappa shape index (κ2) is 27.9. The smallest absolute Gasteiger partial charge is 0.111 e. The Bertz CT molecular complexity index is 2140. The zero-order valence-corrected chi connectivity index (χ0v) is 38.5. The van der Waals surface area contributed by atoms with Crippen LogP contribution in [0.25, 0.3) is 10.6 Å². The van der Waals surface area contributed by atoms with Crippen molar-refractivity contribution in [1.82, 2.24) is 0 Å². The van der Waals surface area contributed by atoms with Crippen LogP contribution in [-0.4, -0.2) is 54.0 Å². The zero-order valence-electron chi connectivity index (χ0n) is 34.9. The summed E-state index contributed by atoms with van der Waals surface area (Å²) in [5.41, 5.74) is 8.15. The summed E-state index contributed by atoms with van der Waals surface area (Å²) in [6.45, 7) is 8.48. The second-order valence-corrected chi connectivity index (χ2v) is 14.6. The predicted octanol–water partition coefficient (Wildman–Crippen LogP) is 11.4. The third kappa shape index (κ3) is 17.0. The third-order valence-electron chi connectivity index (χ3n) is 9.97. The molecule has 0 aromatic heterocycles. The van der Waals surface area contributed by atoms with E-state index in [9.17, 15) is 5.11 Å². The largest absolute Gasteiger partial charge is 0.683 e. The van der Waals surface area contributed by atoms with Crippen LogP contribution in [-0.2, 0) is 51.7 Å². The molecule has 0 atom stereocenters. The van der Waals surface area contributed by atoms with Gasteiger partial charge in [0.15, 0.2) is 0 Å². The maximum Gasteiger partial charge on any atom is 0.111 e. The van der Waals surface area contributed by atoms with E-state index in [4.69, 9.17) is 37.4 Å². The first kappa shape index (κ1) is 47.9. The monoisotopic (exact) mass is 971 g/mol. The molecule has 0 amide bonds. The third-order valence-corrected chi connectivity index (χ3v) is 9.97. The minimum atomic E-state index is -1.09. The van der Waals surface area contributed by atoms with Crippen LogP contribution in [0.2, 0.25) is 0 Å². The van der Waals surface area contributed by atoms with E-state index >= 15 is 0 Å². The van der Waals surface area contributed by atoms with Gasteiger partial charge in [-0.1, -0.05) is 183 Å². The molecule has 310 valence electrons. The number of hydrogen-bond acceptors (Lipinski definition) is 5. The summed E-state index contributed by atoms with van der Waals surface area (Å²) in [5.74, 6) is 0. The Labute approximate surface area is 382 Å². The van der Waals surface area contributed by atoms with Crippen molar-refractivity contribution < 1.29 is 30.9 Å². The molecule has 0 saturated heterocycles. The van der Waals surface area contributed by atoms with E-state index in [0.29, 0.717) is 25.8 Å². The quantitative estimate of drug-likeness (QED) is 0.102. The van der Waals surface area contributed by atoms with Crippen LogP contribution in [0.5, 0.6) is 0 Å². The number of nitrogens with zero attached hydrogens (tertiary/aromatic N) is 6. The normalized spacial score (nSPS) is 15.5. The molecule has 1 aliphatic heterocycles. The van der Waals surface area contributed by atoms with Crippen molar-refractivity contribution in [3.05, 3.63) is 233 Å². The van der Waals surface area contributed by atoms with Crippen LogP contribution >= 0.6 is 0 Å². The topological polar surface area (TPSA) is 109 Å². The van der Waals surface area contributed by atoms with Crippen LogP contribution < -0.4 is 0 Å². The molecular formula is C53H55HfN6O-3. The Morgan fingerprint density at radius 2 is 1.00 bits per heavy atom. The number of hydrogen-bond donors (Lipinski definition) is 1. The van der Waals surface area contributed by atoms with Gasteiger partial charge in [-0.2, -0.15) is 0 Å². The minimum absolute atomic E-state index is 0. The Morgan fingerprint density at radius 1 is 0.557 bits per heavy atom. The molecule has 0 fully saturated rings. The fourth-order valence-electron chi connectivity index (χ4n) is 6.92. The van der Waals surface area contributed by atoms with Gasteiger partial charge in [0.05, 0.1) is 6.54 Å². The van der Waals surface area contributed by atoms with E-state index in [-0.39, 0.29) is 25.8 Å². The molecule has 61 heavy (non-hydrogen) atoms. The molecule has 4 aromatic carbocycles. The summed E-state index contributed by atoms with van der Waals surface area (Å²) >= 11 is 0. The number of rotatable bonds is 9. The van der Waals surface area contributed by atoms with Crippen molar-refractivity contribution in [2.45, 2.75) is 57.1 Å². The Hall–Kier alpha value is -5.75. The van der Waals surface area contributed by atoms with Gasteiger partial charge in [-0.15, -0.1) is 24.5 Å². The van der Waals surface area contributed by atoms with Gasteiger partial charge in [0.2, 0.25) is 0 Å². The van der Waals surface area contributed by atoms with E-state index in [1.807, 2.05) is 121 Å². The molecule has 2 aliphatic carbocycles. The van der Waals surface area contributed by atoms with Crippen molar-refractivity contribution in [3.63, 3.8) is 0 Å². The van der Waals surface area contributed by atoms with Crippen molar-refractivity contribution in [1.29, 1.82) is 5.26 Å². The molecule has 8 heteroatoms. The summed E-state index contributed by atoms with van der Waals surface area (Å²) in [5, 5.41) is 27.9. The molecule has 7 nitrogen and oxygen atoms in total. The van der Waals surface area contributed by atoms with E-state index in [1.165, 1.54) is 0 Å². The van der Waals surface area contributed by atoms with Gasteiger partial charge in [-0.3, -0.25) is 15.0 Å². The van der Waals surface area contributed by atoms with Crippen LogP contribution in [0.3, 0.4) is 0 Å². The van der Waals surface area contributed by atoms with Gasteiger partial charge in [0, 0.05) is 75.3 Å². The van der Waals surface area contributed by atoms with Gasteiger partial charge in [0.25, 0.3) is 0 Å². The fraction of sp³-hybridized carbons (Fsp3) is 0.245. The average Bonchev–Trinajstić information content (AvgIpc) is 3.66. The van der Waals surface area contributed by atoms with E-state index in [2.05, 4.69) is 60.7 Å². The van der Waals surface area contributed by atoms with Crippen molar-refractivity contribution in [2.75, 3.05) is 26.2 Å². The first-order valence-electron chi connectivity index (χ1n) is 20.8. The molecule has 1 heterocycles. The predicted molar refractivity (Wildman–Crippen MR) is 250 cm³/mol. The number of aliphatic imine (C=N–C) groups is 3. The Morgan fingerprint density at radius 3 is 1.51 bits per heavy atom. The van der Waals surface area contributed by atoms with Gasteiger partial charge in [-0.25, -0.2) is 0 Å². The van der Waals surface area contributed by atoms with Crippen molar-refractivity contribution in [2.24, 2.45) is 15.0 Å². The molecule has 4 aromatic rings. The molecule has 7 rings (SSSR count). The van der Waals surface area contributed by atoms with Gasteiger partial charge in [0.1, 0.15) is 5.60 Å². The van der Waals surface area contributed by atoms with E-state index in [1.54, 1.807) is 0 Å². The number of fused-ring (bicyclic) bond motifs is 2. The maximum atomic E-state index is 12.2. The molecule has 0 radical (unpaired) electrons. The summed E-state index contributed by atoms with van der Waals surface area (Å²) in [6.07, 6.45) is 26.2. The minimum Gasteiger partial charge on any atom is -0.683 e. The molecular weight excluding hydrogens is 915 g/mol. The van der Waals surface area contributed by atoms with Gasteiger partial charge in [-0.05, 0) is 47.2 Å². The van der Waals surface area contributed by atoms with Crippen LogP contribution in [0.15, 0.2) is 208 Å². The van der Waals surface area contributed by atoms with E-state index in [0.717, 1.165) is 103 Å². The SMILES string of the molecule is C1=CC=C2[N-]CCCCCN=C3C=CC=CC=C3[N-]CCCN=C2C=C1.OC(Cc1ccccc1)(Cc1ccccc1)C(Cc1ccccc1)=NCc1ccccc1.[C-]#N.[Hf]. The van der Waals surface area contributed by atoms with Crippen LogP contribution in [0, 0.1) is 11.8 Å². The molecule has 0 spiro atoms. The molecule has 0 bridgehead atoms. The van der Waals surface area contributed by atoms with Gasteiger partial charge >= 0.3 is 0 Å². The number of aliphatic hydroxyl groups is 1. The van der Waals surface area contributed by atoms with Crippen molar-refractivity contribution in [3.8, 4) is 0 Å². The standard InChI is InChI=1S/C30H29NO.C22H26N4.CN.Hf/c32-30(22-26-15-7-2-8-16-26,23-27-17-9-3-10-18-27)29(21-25-13-5-1-6-14-25)31-24-28-19-11-4-12-20-28;1-4-11-19-21(13-6-1)25-17-10-18-26-22-14-7-2-5-12-20(22)24-16-9-3-8-15-23-19;1-2;/h1-20,32H,21-24H2;1-2,4-7,11-14H,3,8-10,15-18H2;;/q;-2;-1;. The number of allylic oxidation sites excluding steroid dienone is 10. The first-order chi connectivity index (χ1) is 29.6. The first-order valence-corrected chi connectivity index (χ1v) is 20.8. The molecule has 0 saturated carbocycles. The number of benzene rings is 4. The van der Waals surface area contributed by atoms with Crippen LogP contribution in [0.1, 0.15) is 47.9 Å². The Kier molecular flexibility index (Phi) is 21.9. The summed E-state index contributed by atoms with van der Waals surface area (Å²) in [4.78, 5) is 14.5. The average molecular weight is 971 g/mol. The van der Waals surface area contributed by atoms with Gasteiger partial charge < -0.3 is 27.6 Å². The zero-order chi connectivity index (χ0) is 41.9. The molecule has 3 aliphatic rings. The van der Waals surface area contributed by atoms with Crippen molar-refractivity contribution >= 4 is 17.1 Å². The molecule has 1 N–H and O–H groups in total. The molecule has 0 unspecified atom stereocenters. The van der Waals surface area contributed by atoms with E-state index < -0.39 is 5.60 Å². The van der Waals surface area contributed by atoms with Crippen LogP contribution in [0.4, 0.5) is 0 Å². The Balaban J connectivity index is 0.000000259.